The van der Waals surface area contributed by atoms with E-state index in [1.54, 1.807) is 0 Å². The Hall–Kier alpha value is -1.92. The maximum Gasteiger partial charge on any atom is 0.248 e. The standard InChI is InChI=1S/C23H32N2O4/c26-16-18-5-3-17(4-6-18)15-21(28)25-14-2-12-23(25)11-1-13-24(22(23)29)19-7-9-20(27)10-8-19/h3-6,19-20,26-27H,1-2,7-16H2. The lowest BCUT2D eigenvalue weighted by molar-refractivity contribution is -0.158. The minimum Gasteiger partial charge on any atom is -0.393 e. The van der Waals surface area contributed by atoms with Crippen molar-refractivity contribution in [1.82, 2.24) is 9.80 Å². The SMILES string of the molecule is O=C(Cc1ccc(CO)cc1)N1CCCC12CCCN(C1CCC(O)CC1)C2=O. The molecule has 4 rings (SSSR count). The van der Waals surface area contributed by atoms with E-state index in [4.69, 9.17) is 0 Å². The quantitative estimate of drug-likeness (QED) is 0.810. The first-order valence-electron chi connectivity index (χ1n) is 11.0. The second-order valence-corrected chi connectivity index (χ2v) is 8.90. The number of benzene rings is 1. The lowest BCUT2D eigenvalue weighted by Crippen LogP contribution is -2.63. The first kappa shape index (κ1) is 20.4. The fourth-order valence-corrected chi connectivity index (χ4v) is 5.49. The van der Waals surface area contributed by atoms with Crippen molar-refractivity contribution in [1.29, 1.82) is 0 Å². The van der Waals surface area contributed by atoms with Crippen LogP contribution < -0.4 is 0 Å². The lowest BCUT2D eigenvalue weighted by atomic mass is 9.82. The molecule has 2 saturated heterocycles. The van der Waals surface area contributed by atoms with Crippen molar-refractivity contribution in [3.05, 3.63) is 35.4 Å². The molecule has 0 radical (unpaired) electrons. The molecule has 3 fully saturated rings. The molecule has 158 valence electrons. The maximum absolute atomic E-state index is 13.6. The van der Waals surface area contributed by atoms with Gasteiger partial charge in [0.15, 0.2) is 0 Å². The minimum absolute atomic E-state index is 0.00794. The van der Waals surface area contributed by atoms with E-state index >= 15 is 0 Å². The Morgan fingerprint density at radius 1 is 1.00 bits per heavy atom. The Labute approximate surface area is 172 Å². The van der Waals surface area contributed by atoms with Crippen LogP contribution in [-0.2, 0) is 22.6 Å². The van der Waals surface area contributed by atoms with Crippen LogP contribution in [0.2, 0.25) is 0 Å². The normalized spacial score (nSPS) is 30.2. The molecule has 1 aliphatic carbocycles. The average Bonchev–Trinajstić information content (AvgIpc) is 3.16. The molecule has 1 spiro atoms. The van der Waals surface area contributed by atoms with Crippen molar-refractivity contribution in [2.24, 2.45) is 0 Å². The molecule has 0 aromatic heterocycles. The summed E-state index contributed by atoms with van der Waals surface area (Å²) in [7, 11) is 0. The number of aliphatic hydroxyl groups is 2. The number of piperidine rings is 1. The number of carbonyl (C=O) groups excluding carboxylic acids is 2. The summed E-state index contributed by atoms with van der Waals surface area (Å²) in [6.07, 6.45) is 6.60. The summed E-state index contributed by atoms with van der Waals surface area (Å²) in [5, 5.41) is 19.0. The fraction of sp³-hybridized carbons (Fsp3) is 0.652. The average molecular weight is 401 g/mol. The molecule has 6 heteroatoms. The van der Waals surface area contributed by atoms with Crippen LogP contribution in [0, 0.1) is 0 Å². The lowest BCUT2D eigenvalue weighted by Gasteiger charge is -2.48. The Bertz CT molecular complexity index is 742. The first-order chi connectivity index (χ1) is 14.0. The molecule has 3 aliphatic rings. The molecule has 2 heterocycles. The summed E-state index contributed by atoms with van der Waals surface area (Å²) >= 11 is 0. The van der Waals surface area contributed by atoms with Gasteiger partial charge in [0.2, 0.25) is 11.8 Å². The van der Waals surface area contributed by atoms with Crippen LogP contribution in [0.3, 0.4) is 0 Å². The van der Waals surface area contributed by atoms with Gasteiger partial charge in [-0.2, -0.15) is 0 Å². The number of amides is 2. The van der Waals surface area contributed by atoms with Crippen LogP contribution in [-0.4, -0.2) is 62.6 Å². The molecule has 2 amide bonds. The second-order valence-electron chi connectivity index (χ2n) is 8.90. The highest BCUT2D eigenvalue weighted by molar-refractivity contribution is 5.93. The molecule has 2 N–H and O–H groups in total. The molecule has 1 atom stereocenters. The van der Waals surface area contributed by atoms with Gasteiger partial charge in [0.1, 0.15) is 5.54 Å². The van der Waals surface area contributed by atoms with Gasteiger partial charge in [0.05, 0.1) is 19.1 Å². The number of nitrogens with zero attached hydrogens (tertiary/aromatic N) is 2. The van der Waals surface area contributed by atoms with Gasteiger partial charge in [-0.15, -0.1) is 0 Å². The zero-order valence-electron chi connectivity index (χ0n) is 17.1. The number of hydrogen-bond acceptors (Lipinski definition) is 4. The van der Waals surface area contributed by atoms with E-state index in [0.717, 1.165) is 69.0 Å². The van der Waals surface area contributed by atoms with E-state index in [1.165, 1.54) is 0 Å². The van der Waals surface area contributed by atoms with E-state index in [2.05, 4.69) is 0 Å². The molecule has 1 saturated carbocycles. The second kappa shape index (κ2) is 8.44. The topological polar surface area (TPSA) is 81.1 Å². The van der Waals surface area contributed by atoms with Crippen LogP contribution in [0.1, 0.15) is 62.5 Å². The smallest absolute Gasteiger partial charge is 0.248 e. The molecule has 0 bridgehead atoms. The maximum atomic E-state index is 13.6. The third-order valence-corrected chi connectivity index (χ3v) is 7.11. The van der Waals surface area contributed by atoms with Gasteiger partial charge in [0, 0.05) is 19.1 Å². The number of aliphatic hydroxyl groups excluding tert-OH is 2. The van der Waals surface area contributed by atoms with E-state index in [0.29, 0.717) is 6.54 Å². The van der Waals surface area contributed by atoms with Gasteiger partial charge < -0.3 is 20.0 Å². The fourth-order valence-electron chi connectivity index (χ4n) is 5.49. The van der Waals surface area contributed by atoms with Gasteiger partial charge in [-0.1, -0.05) is 24.3 Å². The molecule has 2 aliphatic heterocycles. The van der Waals surface area contributed by atoms with Gasteiger partial charge in [-0.05, 0) is 62.5 Å². The van der Waals surface area contributed by atoms with E-state index in [1.807, 2.05) is 34.1 Å². The van der Waals surface area contributed by atoms with Crippen molar-refractivity contribution in [2.45, 2.75) is 82.1 Å². The number of hydrogen-bond donors (Lipinski definition) is 2. The zero-order valence-corrected chi connectivity index (χ0v) is 17.1. The Balaban J connectivity index is 1.49. The molecular weight excluding hydrogens is 368 g/mol. The van der Waals surface area contributed by atoms with Crippen molar-refractivity contribution in [3.63, 3.8) is 0 Å². The van der Waals surface area contributed by atoms with Crippen LogP contribution >= 0.6 is 0 Å². The zero-order chi connectivity index (χ0) is 20.4. The van der Waals surface area contributed by atoms with Crippen molar-refractivity contribution in [3.8, 4) is 0 Å². The van der Waals surface area contributed by atoms with Crippen molar-refractivity contribution < 1.29 is 19.8 Å². The highest BCUT2D eigenvalue weighted by Crippen LogP contribution is 2.40. The van der Waals surface area contributed by atoms with Gasteiger partial charge in [-0.3, -0.25) is 9.59 Å². The summed E-state index contributed by atoms with van der Waals surface area (Å²) < 4.78 is 0. The van der Waals surface area contributed by atoms with Crippen molar-refractivity contribution >= 4 is 11.8 Å². The summed E-state index contributed by atoms with van der Waals surface area (Å²) in [4.78, 5) is 30.7. The summed E-state index contributed by atoms with van der Waals surface area (Å²) in [5.74, 6) is 0.153. The van der Waals surface area contributed by atoms with Gasteiger partial charge >= 0.3 is 0 Å². The predicted octanol–water partition coefficient (Wildman–Crippen LogP) is 2.01. The molecule has 6 nitrogen and oxygen atoms in total. The highest BCUT2D eigenvalue weighted by Gasteiger charge is 2.53. The molecule has 1 unspecified atom stereocenters. The Morgan fingerprint density at radius 2 is 1.62 bits per heavy atom. The molecule has 1 aromatic rings. The number of carbonyl (C=O) groups is 2. The summed E-state index contributed by atoms with van der Waals surface area (Å²) in [6.45, 7) is 1.41. The van der Waals surface area contributed by atoms with E-state index in [-0.39, 0.29) is 37.0 Å². The third kappa shape index (κ3) is 3.92. The largest absolute Gasteiger partial charge is 0.393 e. The van der Waals surface area contributed by atoms with E-state index < -0.39 is 5.54 Å². The Morgan fingerprint density at radius 3 is 2.28 bits per heavy atom. The third-order valence-electron chi connectivity index (χ3n) is 7.11. The first-order valence-corrected chi connectivity index (χ1v) is 11.0. The Kier molecular flexibility index (Phi) is 5.93. The summed E-state index contributed by atoms with van der Waals surface area (Å²) in [6, 6.07) is 7.65. The molecular formula is C23H32N2O4. The molecule has 1 aromatic carbocycles. The highest BCUT2D eigenvalue weighted by atomic mass is 16.3. The van der Waals surface area contributed by atoms with Crippen LogP contribution in [0.15, 0.2) is 24.3 Å². The molecule has 29 heavy (non-hydrogen) atoms. The minimum atomic E-state index is -0.670. The summed E-state index contributed by atoms with van der Waals surface area (Å²) in [5.41, 5.74) is 1.07. The predicted molar refractivity (Wildman–Crippen MR) is 109 cm³/mol. The van der Waals surface area contributed by atoms with Gasteiger partial charge in [0.25, 0.3) is 0 Å². The van der Waals surface area contributed by atoms with Crippen LogP contribution in [0.4, 0.5) is 0 Å². The van der Waals surface area contributed by atoms with Crippen LogP contribution in [0.25, 0.3) is 0 Å². The van der Waals surface area contributed by atoms with E-state index in [9.17, 15) is 19.8 Å². The number of likely N-dealkylation sites (tertiary alicyclic amines) is 2. The van der Waals surface area contributed by atoms with Gasteiger partial charge in [-0.25, -0.2) is 0 Å². The number of rotatable bonds is 4. The van der Waals surface area contributed by atoms with Crippen molar-refractivity contribution in [2.75, 3.05) is 13.1 Å². The van der Waals surface area contributed by atoms with Crippen LogP contribution in [0.5, 0.6) is 0 Å². The monoisotopic (exact) mass is 400 g/mol.